The van der Waals surface area contributed by atoms with Gasteiger partial charge in [-0.15, -0.1) is 0 Å². The minimum absolute atomic E-state index is 0.576. The zero-order valence-electron chi connectivity index (χ0n) is 11.7. The van der Waals surface area contributed by atoms with Gasteiger partial charge in [-0.3, -0.25) is 4.79 Å². The molecular formula is C15H22O3S. The van der Waals surface area contributed by atoms with E-state index in [2.05, 4.69) is 13.8 Å². The van der Waals surface area contributed by atoms with Gasteiger partial charge in [0.25, 0.3) is 0 Å². The zero-order chi connectivity index (χ0) is 13.9. The van der Waals surface area contributed by atoms with Crippen molar-refractivity contribution in [2.24, 2.45) is 0 Å². The molecular weight excluding hydrogens is 260 g/mol. The molecule has 0 heterocycles. The summed E-state index contributed by atoms with van der Waals surface area (Å²) in [6.45, 7) is 5.51. The Morgan fingerprint density at radius 1 is 1.21 bits per heavy atom. The minimum atomic E-state index is 0.576. The molecule has 0 saturated heterocycles. The van der Waals surface area contributed by atoms with Crippen LogP contribution in [-0.2, 0) is 0 Å². The molecule has 4 heteroatoms. The molecule has 1 rings (SSSR count). The lowest BCUT2D eigenvalue weighted by Gasteiger charge is -2.11. The Bertz CT molecular complexity index is 380. The van der Waals surface area contributed by atoms with Gasteiger partial charge in [0, 0.05) is 6.07 Å². The Morgan fingerprint density at radius 2 is 2.05 bits per heavy atom. The maximum atomic E-state index is 11.0. The van der Waals surface area contributed by atoms with Crippen molar-refractivity contribution in [3.8, 4) is 11.5 Å². The van der Waals surface area contributed by atoms with Crippen LogP contribution in [0.25, 0.3) is 0 Å². The van der Waals surface area contributed by atoms with E-state index in [0.29, 0.717) is 24.5 Å². The maximum absolute atomic E-state index is 11.0. The lowest BCUT2D eigenvalue weighted by atomic mass is 10.2. The molecule has 0 fully saturated rings. The molecule has 0 aliphatic heterocycles. The predicted octanol–water partition coefficient (Wildman–Crippen LogP) is 3.81. The van der Waals surface area contributed by atoms with Crippen LogP contribution in [0.1, 0.15) is 37.0 Å². The van der Waals surface area contributed by atoms with Gasteiger partial charge in [0.2, 0.25) is 0 Å². The number of aldehydes is 1. The molecule has 0 saturated carbocycles. The Morgan fingerprint density at radius 3 is 2.74 bits per heavy atom. The van der Waals surface area contributed by atoms with Crippen LogP contribution >= 0.6 is 11.8 Å². The predicted molar refractivity (Wildman–Crippen MR) is 80.7 cm³/mol. The topological polar surface area (TPSA) is 35.5 Å². The zero-order valence-corrected chi connectivity index (χ0v) is 12.5. The van der Waals surface area contributed by atoms with Crippen LogP contribution in [0.5, 0.6) is 11.5 Å². The van der Waals surface area contributed by atoms with Gasteiger partial charge in [0.05, 0.1) is 18.8 Å². The average molecular weight is 282 g/mol. The fourth-order valence-corrected chi connectivity index (χ4v) is 2.14. The Balaban J connectivity index is 2.54. The van der Waals surface area contributed by atoms with E-state index in [-0.39, 0.29) is 0 Å². The molecule has 0 aromatic heterocycles. The Labute approximate surface area is 119 Å². The highest BCUT2D eigenvalue weighted by atomic mass is 32.2. The second-order valence-electron chi connectivity index (χ2n) is 4.06. The number of carbonyl (C=O) groups is 1. The fourth-order valence-electron chi connectivity index (χ4n) is 1.53. The summed E-state index contributed by atoms with van der Waals surface area (Å²) in [5.41, 5.74) is 0.576. The second-order valence-corrected chi connectivity index (χ2v) is 5.46. The molecule has 1 aromatic carbocycles. The normalized spacial score (nSPS) is 10.2. The Hall–Kier alpha value is -1.16. The number of carbonyl (C=O) groups excluding carboxylic acids is 1. The monoisotopic (exact) mass is 282 g/mol. The standard InChI is InChI=1S/C15H22O3S/c1-3-8-17-14-7-6-13(12-16)15(11-14)18-9-5-10-19-4-2/h6-7,11-12H,3-5,8-10H2,1-2H3. The first-order valence-corrected chi connectivity index (χ1v) is 7.89. The number of rotatable bonds is 10. The smallest absolute Gasteiger partial charge is 0.153 e. The van der Waals surface area contributed by atoms with Gasteiger partial charge in [0.15, 0.2) is 6.29 Å². The molecule has 0 N–H and O–H groups in total. The average Bonchev–Trinajstić information content (AvgIpc) is 2.45. The lowest BCUT2D eigenvalue weighted by molar-refractivity contribution is 0.111. The largest absolute Gasteiger partial charge is 0.493 e. The molecule has 3 nitrogen and oxygen atoms in total. The summed E-state index contributed by atoms with van der Waals surface area (Å²) >= 11 is 1.89. The van der Waals surface area contributed by atoms with E-state index in [1.807, 2.05) is 11.8 Å². The first kappa shape index (κ1) is 15.9. The summed E-state index contributed by atoms with van der Waals surface area (Å²) in [5.74, 6) is 3.58. The van der Waals surface area contributed by atoms with Crippen molar-refractivity contribution in [3.63, 3.8) is 0 Å². The molecule has 0 aliphatic rings. The molecule has 0 bridgehead atoms. The molecule has 1 aromatic rings. The van der Waals surface area contributed by atoms with Crippen molar-refractivity contribution in [1.29, 1.82) is 0 Å². The third-order valence-electron chi connectivity index (χ3n) is 2.48. The molecule has 106 valence electrons. The highest BCUT2D eigenvalue weighted by molar-refractivity contribution is 7.99. The molecule has 0 amide bonds. The third kappa shape index (κ3) is 6.01. The van der Waals surface area contributed by atoms with Crippen LogP contribution < -0.4 is 9.47 Å². The summed E-state index contributed by atoms with van der Waals surface area (Å²) in [6, 6.07) is 5.35. The summed E-state index contributed by atoms with van der Waals surface area (Å²) in [4.78, 5) is 11.0. The molecule has 0 radical (unpaired) electrons. The van der Waals surface area contributed by atoms with E-state index in [9.17, 15) is 4.79 Å². The van der Waals surface area contributed by atoms with Gasteiger partial charge < -0.3 is 9.47 Å². The van der Waals surface area contributed by atoms with Crippen molar-refractivity contribution in [2.75, 3.05) is 24.7 Å². The van der Waals surface area contributed by atoms with E-state index in [1.165, 1.54) is 0 Å². The van der Waals surface area contributed by atoms with Gasteiger partial charge in [-0.2, -0.15) is 11.8 Å². The van der Waals surface area contributed by atoms with E-state index >= 15 is 0 Å². The quantitative estimate of drug-likeness (QED) is 0.483. The maximum Gasteiger partial charge on any atom is 0.153 e. The van der Waals surface area contributed by atoms with Crippen LogP contribution in [-0.4, -0.2) is 31.0 Å². The summed E-state index contributed by atoms with van der Waals surface area (Å²) < 4.78 is 11.2. The van der Waals surface area contributed by atoms with Crippen LogP contribution in [0.2, 0.25) is 0 Å². The van der Waals surface area contributed by atoms with Gasteiger partial charge in [-0.05, 0) is 36.5 Å². The van der Waals surface area contributed by atoms with E-state index in [1.54, 1.807) is 18.2 Å². The second kappa shape index (κ2) is 9.73. The van der Waals surface area contributed by atoms with Gasteiger partial charge in [-0.1, -0.05) is 13.8 Å². The van der Waals surface area contributed by atoms with Gasteiger partial charge in [0.1, 0.15) is 11.5 Å². The van der Waals surface area contributed by atoms with E-state index in [4.69, 9.17) is 9.47 Å². The molecule has 0 spiro atoms. The highest BCUT2D eigenvalue weighted by Crippen LogP contribution is 2.24. The number of hydrogen-bond acceptors (Lipinski definition) is 4. The molecule has 0 atom stereocenters. The number of thioether (sulfide) groups is 1. The Kier molecular flexibility index (Phi) is 8.14. The molecule has 0 unspecified atom stereocenters. The highest BCUT2D eigenvalue weighted by Gasteiger charge is 2.05. The van der Waals surface area contributed by atoms with Crippen LogP contribution in [0, 0.1) is 0 Å². The van der Waals surface area contributed by atoms with Crippen molar-refractivity contribution in [3.05, 3.63) is 23.8 Å². The summed E-state index contributed by atoms with van der Waals surface area (Å²) in [7, 11) is 0. The van der Waals surface area contributed by atoms with Crippen LogP contribution in [0.4, 0.5) is 0 Å². The fraction of sp³-hybridized carbons (Fsp3) is 0.533. The first-order valence-electron chi connectivity index (χ1n) is 6.74. The van der Waals surface area contributed by atoms with Crippen molar-refractivity contribution in [1.82, 2.24) is 0 Å². The summed E-state index contributed by atoms with van der Waals surface area (Å²) in [6.07, 6.45) is 2.76. The number of benzene rings is 1. The van der Waals surface area contributed by atoms with Crippen molar-refractivity contribution in [2.45, 2.75) is 26.7 Å². The molecule has 19 heavy (non-hydrogen) atoms. The van der Waals surface area contributed by atoms with E-state index < -0.39 is 0 Å². The lowest BCUT2D eigenvalue weighted by Crippen LogP contribution is -2.02. The van der Waals surface area contributed by atoms with Crippen molar-refractivity contribution >= 4 is 18.0 Å². The summed E-state index contributed by atoms with van der Waals surface area (Å²) in [5, 5.41) is 0. The first-order chi connectivity index (χ1) is 9.31. The van der Waals surface area contributed by atoms with Gasteiger partial charge in [-0.25, -0.2) is 0 Å². The third-order valence-corrected chi connectivity index (χ3v) is 3.47. The SMILES string of the molecule is CCCOc1ccc(C=O)c(OCCCSCC)c1. The minimum Gasteiger partial charge on any atom is -0.493 e. The number of ether oxygens (including phenoxy) is 2. The molecule has 0 aliphatic carbocycles. The van der Waals surface area contributed by atoms with Crippen molar-refractivity contribution < 1.29 is 14.3 Å². The number of hydrogen-bond donors (Lipinski definition) is 0. The van der Waals surface area contributed by atoms with Gasteiger partial charge >= 0.3 is 0 Å². The van der Waals surface area contributed by atoms with E-state index in [0.717, 1.165) is 36.4 Å². The van der Waals surface area contributed by atoms with Crippen LogP contribution in [0.3, 0.4) is 0 Å². The van der Waals surface area contributed by atoms with Crippen LogP contribution in [0.15, 0.2) is 18.2 Å².